The molecule has 8 heterocycles. The molecule has 0 aliphatic carbocycles. The molecule has 14 aromatic carbocycles. The van der Waals surface area contributed by atoms with Gasteiger partial charge in [-0.05, 0) is 107 Å². The Balaban J connectivity index is 0.000000117. The van der Waals surface area contributed by atoms with Gasteiger partial charge in [0.2, 0.25) is 0 Å². The van der Waals surface area contributed by atoms with Crippen molar-refractivity contribution in [2.24, 2.45) is 0 Å². The first-order valence-electron chi connectivity index (χ1n) is 31.8. The van der Waals surface area contributed by atoms with Crippen molar-refractivity contribution in [1.29, 1.82) is 0 Å². The molecule has 8 aromatic heterocycles. The van der Waals surface area contributed by atoms with Crippen molar-refractivity contribution in [2.75, 3.05) is 0 Å². The van der Waals surface area contributed by atoms with Gasteiger partial charge in [0.1, 0.15) is 67.0 Å². The molecule has 0 unspecified atom stereocenters. The summed E-state index contributed by atoms with van der Waals surface area (Å²) < 4.78 is 43.1. The van der Waals surface area contributed by atoms with Crippen LogP contribution in [0.4, 0.5) is 0 Å². The summed E-state index contributed by atoms with van der Waals surface area (Å²) in [5, 5.41) is 36.2. The van der Waals surface area contributed by atoms with E-state index in [2.05, 4.69) is 225 Å². The molecule has 0 bridgehead atoms. The highest BCUT2D eigenvalue weighted by atomic mass is 79.9. The van der Waals surface area contributed by atoms with Crippen molar-refractivity contribution < 1.29 is 36.6 Å². The van der Waals surface area contributed by atoms with Crippen molar-refractivity contribution in [3.8, 4) is 22.5 Å². The largest absolute Gasteiger partial charge is 0.492 e. The molecular weight excluding hydrogens is 1280 g/mol. The molecule has 0 saturated carbocycles. The van der Waals surface area contributed by atoms with Crippen molar-refractivity contribution in [2.45, 2.75) is 7.43 Å². The molecule has 0 amide bonds. The van der Waals surface area contributed by atoms with Gasteiger partial charge in [-0.25, -0.2) is 0 Å². The van der Waals surface area contributed by atoms with Crippen LogP contribution in [0, 0.1) is 0 Å². The second-order valence-electron chi connectivity index (χ2n) is 24.5. The van der Waals surface area contributed by atoms with Gasteiger partial charge >= 0.3 is 7.12 Å². The molecule has 3 radical (unpaired) electrons. The molecule has 0 spiro atoms. The highest BCUT2D eigenvalue weighted by Gasteiger charge is 2.23. The minimum Gasteiger partial charge on any atom is -0.456 e. The van der Waals surface area contributed by atoms with Gasteiger partial charge < -0.3 is 45.7 Å². The monoisotopic (exact) mass is 1330 g/mol. The average molecular weight is 1330 g/mol. The third-order valence-electron chi connectivity index (χ3n) is 19.2. The Morgan fingerprint density at radius 2 is 0.571 bits per heavy atom. The number of rotatable bonds is 4. The van der Waals surface area contributed by atoms with E-state index in [0.29, 0.717) is 11.0 Å². The van der Waals surface area contributed by atoms with E-state index in [1.54, 1.807) is 12.1 Å². The van der Waals surface area contributed by atoms with E-state index in [-0.39, 0.29) is 15.8 Å². The predicted molar refractivity (Wildman–Crippen MR) is 407 cm³/mol. The van der Waals surface area contributed by atoms with Gasteiger partial charge in [-0.3, -0.25) is 0 Å². The van der Waals surface area contributed by atoms with Crippen LogP contribution in [0.5, 0.6) is 0 Å². The fraction of sp³-hybridized carbons (Fsp3) is 0.0118. The molecule has 0 aliphatic rings. The quantitative estimate of drug-likeness (QED) is 0.167. The summed E-state index contributed by atoms with van der Waals surface area (Å²) in [6, 6.07) is 95.8. The van der Waals surface area contributed by atoms with Crippen LogP contribution in [0.1, 0.15) is 7.43 Å². The van der Waals surface area contributed by atoms with E-state index in [0.717, 1.165) is 153 Å². The Morgan fingerprint density at radius 1 is 0.255 bits per heavy atom. The van der Waals surface area contributed by atoms with E-state index < -0.39 is 7.12 Å². The molecule has 0 atom stereocenters. The summed E-state index contributed by atoms with van der Waals surface area (Å²) in [7, 11) is -1.51. The number of benzene rings is 14. The fourth-order valence-corrected chi connectivity index (χ4v) is 15.3. The number of hydrogen-bond acceptors (Lipinski definition) is 8. The maximum absolute atomic E-state index is 9.24. The van der Waals surface area contributed by atoms with Gasteiger partial charge in [-0.1, -0.05) is 183 Å². The lowest BCUT2D eigenvalue weighted by atomic mass is 9.79. The van der Waals surface area contributed by atoms with Gasteiger partial charge in [0.15, 0.2) is 0 Å². The van der Waals surface area contributed by atoms with Crippen LogP contribution in [-0.4, -0.2) is 34.7 Å². The summed E-state index contributed by atoms with van der Waals surface area (Å²) in [5.74, 6) is 0. The first kappa shape index (κ1) is 58.6. The SMILES string of the molecule is Brc1cccc2c1oc1cc3oc4ccc(-n5c6ccccc6c6ccccc65)cc4c3cc12.C.OB(O)c1cccc2c1oc1ccccc12.[B].c1ccc2c(c1)oc1c(-c3cccc4c3oc3cc5oc6ccc(-n7c8ccccc8c8ccccc87)cc6c5cc34)cccc12. The van der Waals surface area contributed by atoms with Crippen LogP contribution < -0.4 is 5.46 Å². The van der Waals surface area contributed by atoms with E-state index in [1.807, 2.05) is 66.7 Å². The molecule has 98 heavy (non-hydrogen) atoms. The topological polar surface area (TPSA) is 129 Å². The van der Waals surface area contributed by atoms with E-state index >= 15 is 0 Å². The molecular formula is C85H52B2BrN2O8. The molecule has 0 saturated heterocycles. The first-order chi connectivity index (χ1) is 47.3. The van der Waals surface area contributed by atoms with Crippen LogP contribution in [0.3, 0.4) is 0 Å². The Labute approximate surface area is 567 Å². The highest BCUT2D eigenvalue weighted by molar-refractivity contribution is 9.10. The number of hydrogen-bond donors (Lipinski definition) is 2. The smallest absolute Gasteiger partial charge is 0.456 e. The molecule has 463 valence electrons. The van der Waals surface area contributed by atoms with Crippen molar-refractivity contribution in [3.05, 3.63) is 284 Å². The predicted octanol–water partition coefficient (Wildman–Crippen LogP) is 23.0. The number of furan rings is 6. The molecule has 2 N–H and O–H groups in total. The zero-order chi connectivity index (χ0) is 63.4. The number of aromatic nitrogens is 2. The summed E-state index contributed by atoms with van der Waals surface area (Å²) >= 11 is 3.61. The Morgan fingerprint density at radius 3 is 1.04 bits per heavy atom. The van der Waals surface area contributed by atoms with Crippen LogP contribution in [0.25, 0.3) is 198 Å². The third kappa shape index (κ3) is 8.83. The Hall–Kier alpha value is -12.0. The lowest BCUT2D eigenvalue weighted by Gasteiger charge is -2.08. The van der Waals surface area contributed by atoms with Crippen molar-refractivity contribution >= 4 is 212 Å². The van der Waals surface area contributed by atoms with Gasteiger partial charge in [-0.15, -0.1) is 0 Å². The number of nitrogens with zero attached hydrogens (tertiary/aromatic N) is 2. The maximum Gasteiger partial charge on any atom is 0.492 e. The zero-order valence-electron chi connectivity index (χ0n) is 51.3. The van der Waals surface area contributed by atoms with E-state index in [4.69, 9.17) is 26.5 Å². The normalized spacial score (nSPS) is 11.9. The summed E-state index contributed by atoms with van der Waals surface area (Å²) in [5.41, 5.74) is 19.2. The maximum atomic E-state index is 9.24. The molecule has 10 nitrogen and oxygen atoms in total. The van der Waals surface area contributed by atoms with Crippen LogP contribution in [-0.2, 0) is 0 Å². The molecule has 13 heteroatoms. The van der Waals surface area contributed by atoms with Crippen LogP contribution in [0.2, 0.25) is 0 Å². The zero-order valence-corrected chi connectivity index (χ0v) is 52.9. The summed E-state index contributed by atoms with van der Waals surface area (Å²) in [4.78, 5) is 0. The van der Waals surface area contributed by atoms with Crippen LogP contribution >= 0.6 is 15.9 Å². The third-order valence-corrected chi connectivity index (χ3v) is 19.8. The minimum atomic E-state index is -1.51. The highest BCUT2D eigenvalue weighted by Crippen LogP contribution is 2.45. The van der Waals surface area contributed by atoms with Crippen LogP contribution in [0.15, 0.2) is 310 Å². The van der Waals surface area contributed by atoms with E-state index in [1.165, 1.54) is 43.6 Å². The average Bonchev–Trinajstić information content (AvgIpc) is 1.58. The second kappa shape index (κ2) is 22.6. The summed E-state index contributed by atoms with van der Waals surface area (Å²) in [6.45, 7) is 0. The molecule has 22 aromatic rings. The van der Waals surface area contributed by atoms with Crippen molar-refractivity contribution in [1.82, 2.24) is 9.13 Å². The van der Waals surface area contributed by atoms with Crippen molar-refractivity contribution in [3.63, 3.8) is 0 Å². The van der Waals surface area contributed by atoms with E-state index in [9.17, 15) is 10.0 Å². The minimum absolute atomic E-state index is 0. The lowest BCUT2D eigenvalue weighted by Crippen LogP contribution is -2.29. The van der Waals surface area contributed by atoms with Gasteiger partial charge in [0.25, 0.3) is 0 Å². The molecule has 22 rings (SSSR count). The molecule has 0 aliphatic heterocycles. The number of para-hydroxylation sites is 10. The Bertz CT molecular complexity index is 6890. The Kier molecular flexibility index (Phi) is 13.5. The number of fused-ring (bicyclic) bond motifs is 24. The molecule has 0 fully saturated rings. The van der Waals surface area contributed by atoms with Gasteiger partial charge in [-0.2, -0.15) is 0 Å². The first-order valence-corrected chi connectivity index (χ1v) is 32.6. The standard InChI is InChI=1S/C42H23NO3.C30H16BrNO2.C12H9BO3.CH4.B/c1-4-16-35-25(9-1)26-10-2-5-17-36(26)43(35)24-19-20-38-32(21-24)34-22-33-31-15-8-14-30(42(31)46-40(33)23-39(34)44-38)29-13-7-12-28-27-11-3-6-18-37(27)45-41(28)29;31-24-9-5-8-20-22-15-23-21-14-17(12-13-27(21)33-28(23)16-29(22)34-30(20)24)32-25-10-3-1-6-18(25)19-7-2-4-11-26(19)32;14-13(15)10-6-3-5-9-8-4-1-2-7-11(8)16-12(9)10;;/h1-23H;1-16H;1-7,14-15H;1H4;. The van der Waals surface area contributed by atoms with Gasteiger partial charge in [0, 0.05) is 135 Å². The second-order valence-corrected chi connectivity index (χ2v) is 25.3. The van der Waals surface area contributed by atoms with Gasteiger partial charge in [0.05, 0.1) is 26.5 Å². The summed E-state index contributed by atoms with van der Waals surface area (Å²) in [6.07, 6.45) is 0. The lowest BCUT2D eigenvalue weighted by molar-refractivity contribution is 0.425. The fourth-order valence-electron chi connectivity index (χ4n) is 14.9. The number of halogens is 1.